The normalized spacial score (nSPS) is 9.64. The molecule has 0 bridgehead atoms. The number of hydrogen-bond acceptors (Lipinski definition) is 4. The molecule has 0 aromatic carbocycles. The van der Waals surface area contributed by atoms with Crippen molar-refractivity contribution in [3.05, 3.63) is 16.3 Å². The number of ether oxygens (including phenoxy) is 1. The molecule has 1 heterocycles. The van der Waals surface area contributed by atoms with Crippen LogP contribution in [0.25, 0.3) is 0 Å². The molecule has 0 fully saturated rings. The Bertz CT molecular complexity index is 255. The van der Waals surface area contributed by atoms with Crippen LogP contribution in [-0.4, -0.2) is 12.6 Å². The molecule has 0 radical (unpaired) electrons. The van der Waals surface area contributed by atoms with Gasteiger partial charge in [0, 0.05) is 10.3 Å². The molecule has 60 valence electrons. The first-order valence-corrected chi connectivity index (χ1v) is 4.51. The fourth-order valence-electron chi connectivity index (χ4n) is 0.635. The van der Waals surface area contributed by atoms with Crippen LogP contribution < -0.4 is 0 Å². The van der Waals surface area contributed by atoms with Crippen LogP contribution >= 0.6 is 24.0 Å². The summed E-state index contributed by atoms with van der Waals surface area (Å²) in [6.45, 7) is 2.20. The summed E-state index contributed by atoms with van der Waals surface area (Å²) in [5.74, 6) is -0.266. The van der Waals surface area contributed by atoms with E-state index in [0.717, 1.165) is 4.90 Å². The van der Waals surface area contributed by atoms with E-state index >= 15 is 0 Å². The molecule has 0 atom stereocenters. The van der Waals surface area contributed by atoms with Gasteiger partial charge in [-0.25, -0.2) is 4.79 Å². The van der Waals surface area contributed by atoms with Crippen LogP contribution in [0.15, 0.2) is 16.3 Å². The molecule has 1 aromatic heterocycles. The van der Waals surface area contributed by atoms with Crippen molar-refractivity contribution in [2.24, 2.45) is 0 Å². The summed E-state index contributed by atoms with van der Waals surface area (Å²) in [7, 11) is 0. The highest BCUT2D eigenvalue weighted by Crippen LogP contribution is 2.18. The minimum absolute atomic E-state index is 0.266. The predicted molar refractivity (Wildman–Crippen MR) is 47.5 cm³/mol. The maximum absolute atomic E-state index is 11.0. The Morgan fingerprint density at radius 3 is 3.00 bits per heavy atom. The van der Waals surface area contributed by atoms with E-state index in [9.17, 15) is 4.79 Å². The van der Waals surface area contributed by atoms with Gasteiger partial charge >= 0.3 is 5.97 Å². The minimum atomic E-state index is -0.266. The van der Waals surface area contributed by atoms with Gasteiger partial charge in [0.1, 0.15) is 4.88 Å². The van der Waals surface area contributed by atoms with Crippen LogP contribution in [0.1, 0.15) is 16.6 Å². The summed E-state index contributed by atoms with van der Waals surface area (Å²) in [6.07, 6.45) is 0. The van der Waals surface area contributed by atoms with Crippen LogP contribution in [0, 0.1) is 0 Å². The van der Waals surface area contributed by atoms with Gasteiger partial charge in [0.25, 0.3) is 0 Å². The third-order valence-electron chi connectivity index (χ3n) is 1.06. The molecule has 0 aliphatic heterocycles. The molecule has 0 saturated carbocycles. The third-order valence-corrected chi connectivity index (χ3v) is 2.41. The Morgan fingerprint density at radius 1 is 1.82 bits per heavy atom. The standard InChI is InChI=1S/C7H8O2S2/c1-2-9-7(8)6-3-5(10)4-11-6/h3-4,10H,2H2,1H3. The van der Waals surface area contributed by atoms with E-state index in [4.69, 9.17) is 4.74 Å². The summed E-state index contributed by atoms with van der Waals surface area (Å²) in [5, 5.41) is 1.80. The van der Waals surface area contributed by atoms with Crippen molar-refractivity contribution in [3.63, 3.8) is 0 Å². The van der Waals surface area contributed by atoms with Crippen molar-refractivity contribution >= 4 is 29.9 Å². The molecular weight excluding hydrogens is 180 g/mol. The Morgan fingerprint density at radius 2 is 2.55 bits per heavy atom. The van der Waals surface area contributed by atoms with Gasteiger partial charge in [-0.15, -0.1) is 24.0 Å². The van der Waals surface area contributed by atoms with Crippen LogP contribution in [0.5, 0.6) is 0 Å². The second kappa shape index (κ2) is 3.78. The Labute approximate surface area is 74.6 Å². The van der Waals surface area contributed by atoms with Crippen molar-refractivity contribution in [3.8, 4) is 0 Å². The maximum Gasteiger partial charge on any atom is 0.348 e. The molecule has 0 unspecified atom stereocenters. The highest BCUT2D eigenvalue weighted by Gasteiger charge is 2.07. The van der Waals surface area contributed by atoms with E-state index in [1.54, 1.807) is 18.4 Å². The van der Waals surface area contributed by atoms with Crippen LogP contribution in [0.3, 0.4) is 0 Å². The van der Waals surface area contributed by atoms with Crippen LogP contribution in [0.2, 0.25) is 0 Å². The Hall–Kier alpha value is -0.480. The largest absolute Gasteiger partial charge is 0.462 e. The smallest absolute Gasteiger partial charge is 0.348 e. The van der Waals surface area contributed by atoms with Gasteiger partial charge in [0.2, 0.25) is 0 Å². The summed E-state index contributed by atoms with van der Waals surface area (Å²) in [5.41, 5.74) is 0. The lowest BCUT2D eigenvalue weighted by Gasteiger charge is -1.95. The van der Waals surface area contributed by atoms with Gasteiger partial charge < -0.3 is 4.74 Å². The van der Waals surface area contributed by atoms with E-state index in [0.29, 0.717) is 11.5 Å². The van der Waals surface area contributed by atoms with E-state index in [1.165, 1.54) is 11.3 Å². The number of carbonyl (C=O) groups is 1. The SMILES string of the molecule is CCOC(=O)c1cc(S)cs1. The predicted octanol–water partition coefficient (Wildman–Crippen LogP) is 2.21. The number of carbonyl (C=O) groups excluding carboxylic acids is 1. The lowest BCUT2D eigenvalue weighted by atomic mass is 10.5. The van der Waals surface area contributed by atoms with Crippen molar-refractivity contribution in [1.29, 1.82) is 0 Å². The molecule has 0 aliphatic rings. The fraction of sp³-hybridized carbons (Fsp3) is 0.286. The first kappa shape index (κ1) is 8.62. The quantitative estimate of drug-likeness (QED) is 0.569. The lowest BCUT2D eigenvalue weighted by molar-refractivity contribution is 0.0532. The van der Waals surface area contributed by atoms with Crippen LogP contribution in [-0.2, 0) is 4.74 Å². The van der Waals surface area contributed by atoms with E-state index < -0.39 is 0 Å². The highest BCUT2D eigenvalue weighted by molar-refractivity contribution is 7.80. The van der Waals surface area contributed by atoms with Crippen molar-refractivity contribution < 1.29 is 9.53 Å². The Kier molecular flexibility index (Phi) is 2.96. The average Bonchev–Trinajstić information content (AvgIpc) is 2.36. The summed E-state index contributed by atoms with van der Waals surface area (Å²) >= 11 is 5.42. The first-order valence-electron chi connectivity index (χ1n) is 3.18. The van der Waals surface area contributed by atoms with Gasteiger partial charge in [-0.05, 0) is 13.0 Å². The fourth-order valence-corrected chi connectivity index (χ4v) is 1.68. The molecule has 0 spiro atoms. The molecule has 0 saturated heterocycles. The number of thiophene rings is 1. The molecule has 0 amide bonds. The molecule has 11 heavy (non-hydrogen) atoms. The highest BCUT2D eigenvalue weighted by atomic mass is 32.1. The average molecular weight is 188 g/mol. The Balaban J connectivity index is 2.69. The number of thiol groups is 1. The monoisotopic (exact) mass is 188 g/mol. The van der Waals surface area contributed by atoms with E-state index in [1.807, 2.05) is 0 Å². The number of hydrogen-bond donors (Lipinski definition) is 1. The minimum Gasteiger partial charge on any atom is -0.462 e. The van der Waals surface area contributed by atoms with E-state index in [-0.39, 0.29) is 5.97 Å². The van der Waals surface area contributed by atoms with Crippen molar-refractivity contribution in [1.82, 2.24) is 0 Å². The zero-order chi connectivity index (χ0) is 8.27. The van der Waals surface area contributed by atoms with Crippen molar-refractivity contribution in [2.75, 3.05) is 6.61 Å². The molecular formula is C7H8O2S2. The summed E-state index contributed by atoms with van der Waals surface area (Å²) < 4.78 is 4.78. The maximum atomic E-state index is 11.0. The van der Waals surface area contributed by atoms with Gasteiger partial charge in [-0.1, -0.05) is 0 Å². The van der Waals surface area contributed by atoms with E-state index in [2.05, 4.69) is 12.6 Å². The van der Waals surface area contributed by atoms with Gasteiger partial charge in [0.15, 0.2) is 0 Å². The molecule has 0 aliphatic carbocycles. The molecule has 0 N–H and O–H groups in total. The molecule has 4 heteroatoms. The van der Waals surface area contributed by atoms with Gasteiger partial charge in [-0.3, -0.25) is 0 Å². The second-order valence-electron chi connectivity index (χ2n) is 1.89. The number of rotatable bonds is 2. The second-order valence-corrected chi connectivity index (χ2v) is 3.32. The topological polar surface area (TPSA) is 26.3 Å². The van der Waals surface area contributed by atoms with Gasteiger partial charge in [0.05, 0.1) is 6.61 Å². The third kappa shape index (κ3) is 2.24. The van der Waals surface area contributed by atoms with Crippen LogP contribution in [0.4, 0.5) is 0 Å². The van der Waals surface area contributed by atoms with Crippen molar-refractivity contribution in [2.45, 2.75) is 11.8 Å². The summed E-state index contributed by atoms with van der Waals surface area (Å²) in [4.78, 5) is 12.4. The summed E-state index contributed by atoms with van der Waals surface area (Å²) in [6, 6.07) is 1.70. The lowest BCUT2D eigenvalue weighted by Crippen LogP contribution is -2.01. The zero-order valence-electron chi connectivity index (χ0n) is 6.03. The number of esters is 1. The molecule has 1 aromatic rings. The molecule has 2 nitrogen and oxygen atoms in total. The zero-order valence-corrected chi connectivity index (χ0v) is 7.74. The first-order chi connectivity index (χ1) is 5.24. The van der Waals surface area contributed by atoms with Gasteiger partial charge in [-0.2, -0.15) is 0 Å². The molecule has 1 rings (SSSR count).